The van der Waals surface area contributed by atoms with Gasteiger partial charge in [0.1, 0.15) is 0 Å². The molecule has 4 rings (SSSR count). The molecule has 2 aliphatic heterocycles. The minimum absolute atomic E-state index is 0.140. The van der Waals surface area contributed by atoms with Crippen LogP contribution in [-0.4, -0.2) is 70.8 Å². The number of aromatic nitrogens is 2. The highest BCUT2D eigenvalue weighted by atomic mass is 16.2. The summed E-state index contributed by atoms with van der Waals surface area (Å²) < 4.78 is 1.83. The summed E-state index contributed by atoms with van der Waals surface area (Å²) in [5.74, 6) is 0.140. The normalized spacial score (nSPS) is 21.6. The van der Waals surface area contributed by atoms with Gasteiger partial charge in [0.2, 0.25) is 0 Å². The van der Waals surface area contributed by atoms with Crippen molar-refractivity contribution >= 4 is 5.91 Å². The molecule has 0 spiro atoms. The van der Waals surface area contributed by atoms with Crippen LogP contribution in [0.15, 0.2) is 36.5 Å². The maximum atomic E-state index is 12.8. The Balaban J connectivity index is 1.41. The van der Waals surface area contributed by atoms with Crippen molar-refractivity contribution in [2.75, 3.05) is 39.3 Å². The molecular formula is C19H25N5O. The summed E-state index contributed by atoms with van der Waals surface area (Å²) in [4.78, 5) is 17.3. The highest BCUT2D eigenvalue weighted by molar-refractivity contribution is 5.94. The summed E-state index contributed by atoms with van der Waals surface area (Å²) in [6, 6.07) is 10.2. The fraction of sp³-hybridized carbons (Fsp3) is 0.474. The van der Waals surface area contributed by atoms with E-state index in [0.717, 1.165) is 62.6 Å². The molecule has 25 heavy (non-hydrogen) atoms. The summed E-state index contributed by atoms with van der Waals surface area (Å²) in [6.45, 7) is 7.95. The van der Waals surface area contributed by atoms with Gasteiger partial charge in [0.15, 0.2) is 0 Å². The van der Waals surface area contributed by atoms with Gasteiger partial charge >= 0.3 is 0 Å². The molecule has 2 saturated heterocycles. The fourth-order valence-corrected chi connectivity index (χ4v) is 3.77. The van der Waals surface area contributed by atoms with E-state index in [-0.39, 0.29) is 5.91 Å². The minimum Gasteiger partial charge on any atom is -0.337 e. The van der Waals surface area contributed by atoms with Crippen molar-refractivity contribution in [2.45, 2.75) is 19.4 Å². The zero-order valence-corrected chi connectivity index (χ0v) is 14.7. The molecule has 1 aromatic carbocycles. The Morgan fingerprint density at radius 3 is 2.56 bits per heavy atom. The van der Waals surface area contributed by atoms with Gasteiger partial charge in [0.25, 0.3) is 5.91 Å². The molecule has 0 aliphatic carbocycles. The van der Waals surface area contributed by atoms with Crippen molar-refractivity contribution in [2.24, 2.45) is 0 Å². The van der Waals surface area contributed by atoms with Crippen molar-refractivity contribution in [3.63, 3.8) is 0 Å². The number of aryl methyl sites for hydroxylation is 1. The van der Waals surface area contributed by atoms with Gasteiger partial charge < -0.3 is 10.2 Å². The Bertz CT molecular complexity index is 733. The number of hydrogen-bond donors (Lipinski definition) is 1. The number of hydrogen-bond acceptors (Lipinski definition) is 4. The zero-order valence-electron chi connectivity index (χ0n) is 14.7. The Morgan fingerprint density at radius 1 is 1.12 bits per heavy atom. The highest BCUT2D eigenvalue weighted by Crippen LogP contribution is 2.19. The summed E-state index contributed by atoms with van der Waals surface area (Å²) in [7, 11) is 0. The molecule has 2 aromatic rings. The van der Waals surface area contributed by atoms with Crippen LogP contribution in [0, 0.1) is 6.92 Å². The number of carbonyl (C=O) groups is 1. The molecule has 1 amide bonds. The molecule has 1 atom stereocenters. The van der Waals surface area contributed by atoms with Gasteiger partial charge in [-0.25, -0.2) is 4.68 Å². The smallest absolute Gasteiger partial charge is 0.253 e. The molecule has 132 valence electrons. The summed E-state index contributed by atoms with van der Waals surface area (Å²) >= 11 is 0. The predicted octanol–water partition coefficient (Wildman–Crippen LogP) is 1.30. The third kappa shape index (κ3) is 3.45. The summed E-state index contributed by atoms with van der Waals surface area (Å²) in [5.41, 5.74) is 2.72. The first-order valence-corrected chi connectivity index (χ1v) is 9.07. The van der Waals surface area contributed by atoms with E-state index in [9.17, 15) is 4.79 Å². The Morgan fingerprint density at radius 2 is 1.88 bits per heavy atom. The number of nitrogens with one attached hydrogen (secondary N) is 1. The lowest BCUT2D eigenvalue weighted by molar-refractivity contribution is 0.0773. The summed E-state index contributed by atoms with van der Waals surface area (Å²) in [6.07, 6.45) is 3.01. The molecule has 1 aromatic heterocycles. The average Bonchev–Trinajstić information content (AvgIpc) is 3.31. The zero-order chi connectivity index (χ0) is 17.2. The van der Waals surface area contributed by atoms with Crippen molar-refractivity contribution in [3.8, 4) is 5.69 Å². The molecule has 6 heteroatoms. The monoisotopic (exact) mass is 339 g/mol. The van der Waals surface area contributed by atoms with E-state index >= 15 is 0 Å². The molecule has 6 nitrogen and oxygen atoms in total. The lowest BCUT2D eigenvalue weighted by Crippen LogP contribution is -2.49. The number of benzene rings is 1. The van der Waals surface area contributed by atoms with Crippen molar-refractivity contribution in [1.29, 1.82) is 0 Å². The second-order valence-electron chi connectivity index (χ2n) is 6.93. The van der Waals surface area contributed by atoms with E-state index in [1.807, 2.05) is 53.0 Å². The van der Waals surface area contributed by atoms with E-state index in [2.05, 4.69) is 15.3 Å². The van der Waals surface area contributed by atoms with E-state index in [1.54, 1.807) is 0 Å². The van der Waals surface area contributed by atoms with Gasteiger partial charge in [-0.2, -0.15) is 5.10 Å². The molecule has 1 N–H and O–H groups in total. The van der Waals surface area contributed by atoms with Crippen LogP contribution in [0.1, 0.15) is 22.5 Å². The van der Waals surface area contributed by atoms with Crippen LogP contribution in [0.25, 0.3) is 5.69 Å². The topological polar surface area (TPSA) is 53.4 Å². The van der Waals surface area contributed by atoms with Crippen LogP contribution in [0.5, 0.6) is 0 Å². The molecule has 0 bridgehead atoms. The van der Waals surface area contributed by atoms with E-state index in [4.69, 9.17) is 0 Å². The molecular weight excluding hydrogens is 314 g/mol. The van der Waals surface area contributed by atoms with Crippen LogP contribution in [0.4, 0.5) is 0 Å². The minimum atomic E-state index is 0.140. The Hall–Kier alpha value is -2.18. The largest absolute Gasteiger partial charge is 0.337 e. The van der Waals surface area contributed by atoms with Gasteiger partial charge in [-0.05, 0) is 43.7 Å². The number of amides is 1. The first-order valence-electron chi connectivity index (χ1n) is 9.07. The molecule has 0 radical (unpaired) electrons. The third-order valence-electron chi connectivity index (χ3n) is 5.22. The first kappa shape index (κ1) is 16.3. The number of nitrogens with zero attached hydrogens (tertiary/aromatic N) is 4. The average molecular weight is 339 g/mol. The number of likely N-dealkylation sites (tertiary alicyclic amines) is 1. The van der Waals surface area contributed by atoms with Crippen molar-refractivity contribution in [3.05, 3.63) is 47.8 Å². The van der Waals surface area contributed by atoms with Gasteiger partial charge in [-0.1, -0.05) is 0 Å². The van der Waals surface area contributed by atoms with E-state index in [0.29, 0.717) is 6.04 Å². The molecule has 2 aliphatic rings. The van der Waals surface area contributed by atoms with Crippen molar-refractivity contribution < 1.29 is 4.79 Å². The lowest BCUT2D eigenvalue weighted by atomic mass is 10.2. The second-order valence-corrected chi connectivity index (χ2v) is 6.93. The fourth-order valence-electron chi connectivity index (χ4n) is 3.77. The van der Waals surface area contributed by atoms with Crippen LogP contribution in [0.2, 0.25) is 0 Å². The molecule has 2 fully saturated rings. The third-order valence-corrected chi connectivity index (χ3v) is 5.22. The summed E-state index contributed by atoms with van der Waals surface area (Å²) in [5, 5.41) is 7.79. The van der Waals surface area contributed by atoms with Gasteiger partial charge in [-0.3, -0.25) is 9.69 Å². The number of carbonyl (C=O) groups excluding carboxylic acids is 1. The quantitative estimate of drug-likeness (QED) is 0.916. The first-order chi connectivity index (χ1) is 12.2. The Labute approximate surface area is 148 Å². The molecule has 3 heterocycles. The van der Waals surface area contributed by atoms with Crippen LogP contribution < -0.4 is 5.32 Å². The van der Waals surface area contributed by atoms with Gasteiger partial charge in [-0.15, -0.1) is 0 Å². The Kier molecular flexibility index (Phi) is 4.55. The lowest BCUT2D eigenvalue weighted by Gasteiger charge is -2.32. The maximum absolute atomic E-state index is 12.8. The van der Waals surface area contributed by atoms with E-state index in [1.165, 1.54) is 0 Å². The van der Waals surface area contributed by atoms with E-state index < -0.39 is 0 Å². The van der Waals surface area contributed by atoms with Crippen LogP contribution in [0.3, 0.4) is 0 Å². The second kappa shape index (κ2) is 6.98. The van der Waals surface area contributed by atoms with Gasteiger partial charge in [0, 0.05) is 57.1 Å². The number of piperazine rings is 1. The standard InChI is InChI=1S/C19H25N5O/c1-15-6-11-24(21-15)17-4-2-16(3-5-17)19(25)23-10-7-18(14-23)22-12-8-20-9-13-22/h2-6,11,18,20H,7-10,12-14H2,1H3. The molecule has 1 unspecified atom stereocenters. The van der Waals surface area contributed by atoms with Crippen LogP contribution >= 0.6 is 0 Å². The SMILES string of the molecule is Cc1ccn(-c2ccc(C(=O)N3CCC(N4CCNCC4)C3)cc2)n1. The van der Waals surface area contributed by atoms with Gasteiger partial charge in [0.05, 0.1) is 11.4 Å². The maximum Gasteiger partial charge on any atom is 0.253 e. The van der Waals surface area contributed by atoms with Crippen LogP contribution in [-0.2, 0) is 0 Å². The predicted molar refractivity (Wildman–Crippen MR) is 97.1 cm³/mol. The molecule has 0 saturated carbocycles. The van der Waals surface area contributed by atoms with Crippen molar-refractivity contribution in [1.82, 2.24) is 24.9 Å². The number of rotatable bonds is 3. The highest BCUT2D eigenvalue weighted by Gasteiger charge is 2.31.